The van der Waals surface area contributed by atoms with Gasteiger partial charge in [0.15, 0.2) is 5.69 Å². The van der Waals surface area contributed by atoms with Crippen LogP contribution in [-0.4, -0.2) is 22.5 Å². The van der Waals surface area contributed by atoms with E-state index in [-0.39, 0.29) is 5.97 Å². The summed E-state index contributed by atoms with van der Waals surface area (Å²) >= 11 is 0. The van der Waals surface area contributed by atoms with Crippen LogP contribution in [0.5, 0.6) is 0 Å². The Labute approximate surface area is 93.9 Å². The molecule has 4 nitrogen and oxygen atoms in total. The molecule has 2 aromatic rings. The number of aromatic nitrogens is 2. The van der Waals surface area contributed by atoms with Crippen molar-refractivity contribution in [3.05, 3.63) is 34.8 Å². The summed E-state index contributed by atoms with van der Waals surface area (Å²) in [6.07, 6.45) is 0. The van der Waals surface area contributed by atoms with Crippen LogP contribution in [0.25, 0.3) is 5.65 Å². The number of imidazole rings is 1. The average molecular weight is 218 g/mol. The van der Waals surface area contributed by atoms with Crippen LogP contribution >= 0.6 is 0 Å². The number of nitrogens with zero attached hydrogens (tertiary/aromatic N) is 2. The molecule has 0 atom stereocenters. The first kappa shape index (κ1) is 10.7. The Morgan fingerprint density at radius 3 is 2.62 bits per heavy atom. The number of carbonyl (C=O) groups excluding carboxylic acids is 1. The Balaban J connectivity index is 2.84. The highest BCUT2D eigenvalue weighted by molar-refractivity contribution is 5.90. The summed E-state index contributed by atoms with van der Waals surface area (Å²) in [6.45, 7) is 5.77. The molecule has 0 saturated heterocycles. The summed E-state index contributed by atoms with van der Waals surface area (Å²) in [5.41, 5.74) is 4.10. The lowest BCUT2D eigenvalue weighted by Crippen LogP contribution is -2.08. The molecule has 4 heteroatoms. The number of rotatable bonds is 1. The molecule has 2 aromatic heterocycles. The van der Waals surface area contributed by atoms with Gasteiger partial charge in [-0.1, -0.05) is 0 Å². The third-order valence-electron chi connectivity index (χ3n) is 2.60. The predicted octanol–water partition coefficient (Wildman–Crippen LogP) is 2.05. The Bertz CT molecular complexity index is 570. The van der Waals surface area contributed by atoms with E-state index >= 15 is 0 Å². The van der Waals surface area contributed by atoms with Crippen molar-refractivity contribution in [1.29, 1.82) is 0 Å². The molecule has 0 aliphatic rings. The number of methoxy groups -OCH3 is 1. The maximum Gasteiger partial charge on any atom is 0.356 e. The summed E-state index contributed by atoms with van der Waals surface area (Å²) < 4.78 is 6.60. The number of aryl methyl sites for hydroxylation is 3. The number of carbonyl (C=O) groups is 1. The Morgan fingerprint density at radius 2 is 2.00 bits per heavy atom. The molecule has 0 amide bonds. The fourth-order valence-electron chi connectivity index (χ4n) is 1.98. The summed E-state index contributed by atoms with van der Waals surface area (Å²) in [6, 6.07) is 3.97. The van der Waals surface area contributed by atoms with Crippen molar-refractivity contribution in [2.24, 2.45) is 0 Å². The first-order chi connectivity index (χ1) is 7.54. The van der Waals surface area contributed by atoms with Gasteiger partial charge >= 0.3 is 5.97 Å². The van der Waals surface area contributed by atoms with E-state index in [1.54, 1.807) is 0 Å². The minimum atomic E-state index is -0.350. The molecule has 0 spiro atoms. The van der Waals surface area contributed by atoms with Gasteiger partial charge in [0.1, 0.15) is 5.65 Å². The maximum atomic E-state index is 11.7. The molecule has 16 heavy (non-hydrogen) atoms. The summed E-state index contributed by atoms with van der Waals surface area (Å²) in [5.74, 6) is -0.350. The molecule has 2 rings (SSSR count). The van der Waals surface area contributed by atoms with Gasteiger partial charge < -0.3 is 4.74 Å². The monoisotopic (exact) mass is 218 g/mol. The number of hydrogen-bond donors (Lipinski definition) is 0. The second kappa shape index (κ2) is 3.63. The highest BCUT2D eigenvalue weighted by atomic mass is 16.5. The number of hydrogen-bond acceptors (Lipinski definition) is 3. The highest BCUT2D eigenvalue weighted by Gasteiger charge is 2.18. The lowest BCUT2D eigenvalue weighted by Gasteiger charge is -2.05. The maximum absolute atomic E-state index is 11.7. The first-order valence-electron chi connectivity index (χ1n) is 5.09. The van der Waals surface area contributed by atoms with Crippen LogP contribution < -0.4 is 0 Å². The minimum absolute atomic E-state index is 0.350. The van der Waals surface area contributed by atoms with Crippen molar-refractivity contribution in [3.8, 4) is 0 Å². The molecular formula is C12H14N2O2. The molecule has 0 aromatic carbocycles. The van der Waals surface area contributed by atoms with Gasteiger partial charge in [-0.2, -0.15) is 0 Å². The third kappa shape index (κ3) is 1.46. The molecule has 0 N–H and O–H groups in total. The van der Waals surface area contributed by atoms with Gasteiger partial charge in [0, 0.05) is 5.69 Å². The Morgan fingerprint density at radius 1 is 1.31 bits per heavy atom. The van der Waals surface area contributed by atoms with Gasteiger partial charge in [0.25, 0.3) is 0 Å². The van der Waals surface area contributed by atoms with E-state index in [4.69, 9.17) is 4.74 Å². The standard InChI is InChI=1S/C12H14N2O2/c1-7-5-8(2)14-10(6-7)13-9(3)11(14)12(15)16-4/h5-6H,1-4H3. The van der Waals surface area contributed by atoms with Gasteiger partial charge in [-0.25, -0.2) is 9.78 Å². The van der Waals surface area contributed by atoms with Crippen molar-refractivity contribution in [2.45, 2.75) is 20.8 Å². The zero-order valence-corrected chi connectivity index (χ0v) is 9.87. The summed E-state index contributed by atoms with van der Waals surface area (Å²) in [4.78, 5) is 16.0. The second-order valence-corrected chi connectivity index (χ2v) is 3.91. The fourth-order valence-corrected chi connectivity index (χ4v) is 1.98. The normalized spacial score (nSPS) is 10.8. The molecule has 0 fully saturated rings. The lowest BCUT2D eigenvalue weighted by molar-refractivity contribution is 0.0591. The molecule has 0 radical (unpaired) electrons. The predicted molar refractivity (Wildman–Crippen MR) is 60.7 cm³/mol. The van der Waals surface area contributed by atoms with Crippen LogP contribution in [0.4, 0.5) is 0 Å². The summed E-state index contributed by atoms with van der Waals surface area (Å²) in [7, 11) is 1.38. The Hall–Kier alpha value is -1.84. The van der Waals surface area contributed by atoms with Crippen molar-refractivity contribution < 1.29 is 9.53 Å². The van der Waals surface area contributed by atoms with Crippen molar-refractivity contribution >= 4 is 11.6 Å². The van der Waals surface area contributed by atoms with E-state index in [2.05, 4.69) is 4.98 Å². The number of pyridine rings is 1. The smallest absolute Gasteiger partial charge is 0.356 e. The van der Waals surface area contributed by atoms with E-state index in [1.807, 2.05) is 37.3 Å². The van der Waals surface area contributed by atoms with Crippen LogP contribution in [0.15, 0.2) is 12.1 Å². The number of fused-ring (bicyclic) bond motifs is 1. The first-order valence-corrected chi connectivity index (χ1v) is 5.09. The topological polar surface area (TPSA) is 43.6 Å². The third-order valence-corrected chi connectivity index (χ3v) is 2.60. The van der Waals surface area contributed by atoms with Crippen LogP contribution in [0.2, 0.25) is 0 Å². The Kier molecular flexibility index (Phi) is 2.42. The van der Waals surface area contributed by atoms with Crippen LogP contribution in [-0.2, 0) is 4.74 Å². The van der Waals surface area contributed by atoms with Crippen LogP contribution in [0.3, 0.4) is 0 Å². The molecule has 0 aliphatic carbocycles. The van der Waals surface area contributed by atoms with E-state index in [0.29, 0.717) is 11.4 Å². The number of ether oxygens (including phenoxy) is 1. The SMILES string of the molecule is COC(=O)c1c(C)nc2cc(C)cc(C)n12. The van der Waals surface area contributed by atoms with Gasteiger partial charge in [0.05, 0.1) is 12.8 Å². The molecule has 0 unspecified atom stereocenters. The average Bonchev–Trinajstić information content (AvgIpc) is 2.53. The highest BCUT2D eigenvalue weighted by Crippen LogP contribution is 2.17. The minimum Gasteiger partial charge on any atom is -0.464 e. The largest absolute Gasteiger partial charge is 0.464 e. The van der Waals surface area contributed by atoms with Crippen LogP contribution in [0.1, 0.15) is 27.4 Å². The van der Waals surface area contributed by atoms with Gasteiger partial charge in [-0.15, -0.1) is 0 Å². The quantitative estimate of drug-likeness (QED) is 0.688. The van der Waals surface area contributed by atoms with Gasteiger partial charge in [-0.3, -0.25) is 4.40 Å². The zero-order chi connectivity index (χ0) is 11.9. The molecule has 0 bridgehead atoms. The fraction of sp³-hybridized carbons (Fsp3) is 0.333. The van der Waals surface area contributed by atoms with E-state index in [1.165, 1.54) is 7.11 Å². The molecule has 0 aliphatic heterocycles. The summed E-state index contributed by atoms with van der Waals surface area (Å²) in [5, 5.41) is 0. The molecular weight excluding hydrogens is 204 g/mol. The van der Waals surface area contributed by atoms with E-state index < -0.39 is 0 Å². The van der Waals surface area contributed by atoms with Crippen molar-refractivity contribution in [2.75, 3.05) is 7.11 Å². The zero-order valence-electron chi connectivity index (χ0n) is 9.87. The molecule has 84 valence electrons. The second-order valence-electron chi connectivity index (χ2n) is 3.91. The van der Waals surface area contributed by atoms with Crippen LogP contribution in [0, 0.1) is 20.8 Å². The number of esters is 1. The van der Waals surface area contributed by atoms with E-state index in [9.17, 15) is 4.79 Å². The van der Waals surface area contributed by atoms with Crippen molar-refractivity contribution in [1.82, 2.24) is 9.38 Å². The van der Waals surface area contributed by atoms with Gasteiger partial charge in [-0.05, 0) is 38.5 Å². The van der Waals surface area contributed by atoms with Gasteiger partial charge in [0.2, 0.25) is 0 Å². The lowest BCUT2D eigenvalue weighted by atomic mass is 10.2. The molecule has 2 heterocycles. The van der Waals surface area contributed by atoms with Crippen molar-refractivity contribution in [3.63, 3.8) is 0 Å². The van der Waals surface area contributed by atoms with E-state index in [0.717, 1.165) is 16.9 Å². The molecule has 0 saturated carbocycles.